The van der Waals surface area contributed by atoms with Gasteiger partial charge in [-0.25, -0.2) is 0 Å². The summed E-state index contributed by atoms with van der Waals surface area (Å²) in [5.74, 6) is 0.923. The van der Waals surface area contributed by atoms with Crippen LogP contribution in [0.4, 0.5) is 0 Å². The maximum absolute atomic E-state index is 5.11. The monoisotopic (exact) mass is 177 g/mol. The van der Waals surface area contributed by atoms with Crippen LogP contribution in [0, 0.1) is 0 Å². The van der Waals surface area contributed by atoms with E-state index in [-0.39, 0.29) is 5.54 Å². The van der Waals surface area contributed by atoms with Crippen LogP contribution in [0.15, 0.2) is 24.3 Å². The Labute approximate surface area is 78.9 Å². The molecule has 13 heavy (non-hydrogen) atoms. The van der Waals surface area contributed by atoms with Crippen LogP contribution in [-0.4, -0.2) is 13.7 Å². The summed E-state index contributed by atoms with van der Waals surface area (Å²) in [5.41, 5.74) is 1.55. The van der Waals surface area contributed by atoms with Crippen LogP contribution in [0.25, 0.3) is 0 Å². The Bertz CT molecular complexity index is 287. The van der Waals surface area contributed by atoms with Crippen LogP contribution >= 0.6 is 0 Å². The molecule has 2 nitrogen and oxygen atoms in total. The Kier molecular flexibility index (Phi) is 2.00. The second-order valence-electron chi connectivity index (χ2n) is 3.74. The van der Waals surface area contributed by atoms with Crippen molar-refractivity contribution in [2.75, 3.05) is 13.7 Å². The molecule has 0 aromatic heterocycles. The summed E-state index contributed by atoms with van der Waals surface area (Å²) in [4.78, 5) is 0. The predicted octanol–water partition coefficient (Wildman–Crippen LogP) is 1.90. The normalized spacial score (nSPS) is 26.6. The van der Waals surface area contributed by atoms with Gasteiger partial charge in [-0.05, 0) is 37.6 Å². The third kappa shape index (κ3) is 1.42. The van der Waals surface area contributed by atoms with Crippen LogP contribution in [0.2, 0.25) is 0 Å². The molecule has 1 unspecified atom stereocenters. The van der Waals surface area contributed by atoms with Gasteiger partial charge >= 0.3 is 0 Å². The van der Waals surface area contributed by atoms with Gasteiger partial charge in [-0.1, -0.05) is 12.1 Å². The minimum absolute atomic E-state index is 0.201. The Hall–Kier alpha value is -1.02. The van der Waals surface area contributed by atoms with Crippen molar-refractivity contribution in [1.29, 1.82) is 0 Å². The number of methoxy groups -OCH3 is 1. The summed E-state index contributed by atoms with van der Waals surface area (Å²) in [6, 6.07) is 8.29. The fraction of sp³-hybridized carbons (Fsp3) is 0.455. The summed E-state index contributed by atoms with van der Waals surface area (Å²) in [5, 5.41) is 3.43. The Morgan fingerprint density at radius 2 is 1.92 bits per heavy atom. The number of ether oxygens (including phenoxy) is 1. The molecule has 0 aliphatic carbocycles. The third-order valence-electron chi connectivity index (χ3n) is 2.87. The molecular weight excluding hydrogens is 162 g/mol. The highest BCUT2D eigenvalue weighted by Crippen LogP contribution is 2.31. The minimum Gasteiger partial charge on any atom is -0.497 e. The topological polar surface area (TPSA) is 21.3 Å². The largest absolute Gasteiger partial charge is 0.497 e. The molecule has 2 rings (SSSR count). The van der Waals surface area contributed by atoms with E-state index in [4.69, 9.17) is 4.74 Å². The first-order chi connectivity index (χ1) is 6.24. The Morgan fingerprint density at radius 3 is 2.31 bits per heavy atom. The standard InChI is InChI=1S/C11H15NO/c1-11(7-8-12-11)9-3-5-10(13-2)6-4-9/h3-6,12H,7-8H2,1-2H3. The molecule has 1 aliphatic heterocycles. The zero-order chi connectivity index (χ0) is 9.31. The van der Waals surface area contributed by atoms with Gasteiger partial charge in [0.2, 0.25) is 0 Å². The van der Waals surface area contributed by atoms with Gasteiger partial charge in [-0.15, -0.1) is 0 Å². The minimum atomic E-state index is 0.201. The van der Waals surface area contributed by atoms with Gasteiger partial charge in [0.25, 0.3) is 0 Å². The van der Waals surface area contributed by atoms with E-state index in [2.05, 4.69) is 24.4 Å². The smallest absolute Gasteiger partial charge is 0.118 e. The van der Waals surface area contributed by atoms with E-state index in [9.17, 15) is 0 Å². The second-order valence-corrected chi connectivity index (χ2v) is 3.74. The second kappa shape index (κ2) is 3.04. The third-order valence-corrected chi connectivity index (χ3v) is 2.87. The molecule has 1 saturated heterocycles. The molecule has 0 bridgehead atoms. The first-order valence-electron chi connectivity index (χ1n) is 4.64. The van der Waals surface area contributed by atoms with Crippen molar-refractivity contribution in [2.45, 2.75) is 18.9 Å². The van der Waals surface area contributed by atoms with E-state index in [1.807, 2.05) is 12.1 Å². The van der Waals surface area contributed by atoms with Gasteiger partial charge in [-0.2, -0.15) is 0 Å². The fourth-order valence-corrected chi connectivity index (χ4v) is 1.71. The lowest BCUT2D eigenvalue weighted by Crippen LogP contribution is -2.51. The first kappa shape index (κ1) is 8.57. The summed E-state index contributed by atoms with van der Waals surface area (Å²) in [7, 11) is 1.69. The number of rotatable bonds is 2. The molecule has 1 atom stereocenters. The SMILES string of the molecule is COc1ccc(C2(C)CCN2)cc1. The molecule has 0 saturated carbocycles. The molecule has 1 aromatic carbocycles. The maximum atomic E-state index is 5.11. The van der Waals surface area contributed by atoms with Crippen molar-refractivity contribution in [3.63, 3.8) is 0 Å². The van der Waals surface area contributed by atoms with Crippen molar-refractivity contribution < 1.29 is 4.74 Å². The molecular formula is C11H15NO. The molecule has 1 N–H and O–H groups in total. The Morgan fingerprint density at radius 1 is 1.31 bits per heavy atom. The van der Waals surface area contributed by atoms with Crippen LogP contribution in [0.1, 0.15) is 18.9 Å². The van der Waals surface area contributed by atoms with Gasteiger partial charge in [-0.3, -0.25) is 0 Å². The highest BCUT2D eigenvalue weighted by molar-refractivity contribution is 5.32. The van der Waals surface area contributed by atoms with E-state index in [0.29, 0.717) is 0 Å². The summed E-state index contributed by atoms with van der Waals surface area (Å²) in [6.07, 6.45) is 1.22. The van der Waals surface area contributed by atoms with E-state index >= 15 is 0 Å². The fourth-order valence-electron chi connectivity index (χ4n) is 1.71. The number of hydrogen-bond donors (Lipinski definition) is 1. The predicted molar refractivity (Wildman–Crippen MR) is 53.0 cm³/mol. The van der Waals surface area contributed by atoms with Crippen molar-refractivity contribution in [3.8, 4) is 5.75 Å². The number of hydrogen-bond acceptors (Lipinski definition) is 2. The van der Waals surface area contributed by atoms with E-state index in [0.717, 1.165) is 12.3 Å². The van der Waals surface area contributed by atoms with Crippen LogP contribution in [-0.2, 0) is 5.54 Å². The molecule has 2 heteroatoms. The highest BCUT2D eigenvalue weighted by atomic mass is 16.5. The van der Waals surface area contributed by atoms with Gasteiger partial charge in [0.15, 0.2) is 0 Å². The summed E-state index contributed by atoms with van der Waals surface area (Å²) >= 11 is 0. The lowest BCUT2D eigenvalue weighted by Gasteiger charge is -2.40. The number of benzene rings is 1. The Balaban J connectivity index is 2.22. The maximum Gasteiger partial charge on any atom is 0.118 e. The van der Waals surface area contributed by atoms with Crippen LogP contribution in [0.3, 0.4) is 0 Å². The average Bonchev–Trinajstić information content (AvgIpc) is 2.14. The van der Waals surface area contributed by atoms with Crippen molar-refractivity contribution in [3.05, 3.63) is 29.8 Å². The first-order valence-corrected chi connectivity index (χ1v) is 4.64. The summed E-state index contributed by atoms with van der Waals surface area (Å²) < 4.78 is 5.11. The highest BCUT2D eigenvalue weighted by Gasteiger charge is 2.32. The average molecular weight is 177 g/mol. The summed E-state index contributed by atoms with van der Waals surface area (Å²) in [6.45, 7) is 3.36. The van der Waals surface area contributed by atoms with Crippen molar-refractivity contribution >= 4 is 0 Å². The number of nitrogens with one attached hydrogen (secondary N) is 1. The van der Waals surface area contributed by atoms with Gasteiger partial charge in [0, 0.05) is 5.54 Å². The van der Waals surface area contributed by atoms with E-state index < -0.39 is 0 Å². The molecule has 1 aromatic rings. The van der Waals surface area contributed by atoms with Gasteiger partial charge < -0.3 is 10.1 Å². The molecule has 1 fully saturated rings. The van der Waals surface area contributed by atoms with Crippen molar-refractivity contribution in [2.24, 2.45) is 0 Å². The molecule has 1 aliphatic rings. The van der Waals surface area contributed by atoms with E-state index in [1.54, 1.807) is 7.11 Å². The van der Waals surface area contributed by atoms with Crippen LogP contribution in [0.5, 0.6) is 5.75 Å². The molecule has 70 valence electrons. The molecule has 0 spiro atoms. The lowest BCUT2D eigenvalue weighted by molar-refractivity contribution is 0.236. The molecule has 0 amide bonds. The van der Waals surface area contributed by atoms with Crippen LogP contribution < -0.4 is 10.1 Å². The zero-order valence-corrected chi connectivity index (χ0v) is 8.13. The van der Waals surface area contributed by atoms with Gasteiger partial charge in [0.1, 0.15) is 5.75 Å². The molecule has 0 radical (unpaired) electrons. The van der Waals surface area contributed by atoms with Gasteiger partial charge in [0.05, 0.1) is 7.11 Å². The molecule has 1 heterocycles. The quantitative estimate of drug-likeness (QED) is 0.745. The van der Waals surface area contributed by atoms with Crippen molar-refractivity contribution in [1.82, 2.24) is 5.32 Å². The zero-order valence-electron chi connectivity index (χ0n) is 8.13. The van der Waals surface area contributed by atoms with E-state index in [1.165, 1.54) is 12.0 Å². The lowest BCUT2D eigenvalue weighted by atomic mass is 9.83.